The van der Waals surface area contributed by atoms with Crippen molar-refractivity contribution < 1.29 is 21.6 Å². The van der Waals surface area contributed by atoms with Crippen molar-refractivity contribution in [3.63, 3.8) is 0 Å². The second-order valence-corrected chi connectivity index (χ2v) is 10.5. The van der Waals surface area contributed by atoms with Gasteiger partial charge in [0, 0.05) is 23.9 Å². The quantitative estimate of drug-likeness (QED) is 0.391. The molecule has 1 unspecified atom stereocenters. The minimum atomic E-state index is -4.62. The van der Waals surface area contributed by atoms with Crippen LogP contribution in [0.15, 0.2) is 53.4 Å². The lowest BCUT2D eigenvalue weighted by Crippen LogP contribution is -2.14. The molecule has 11 heteroatoms. The van der Waals surface area contributed by atoms with E-state index in [4.69, 9.17) is 5.73 Å². The van der Waals surface area contributed by atoms with Gasteiger partial charge in [-0.2, -0.15) is 13.2 Å². The van der Waals surface area contributed by atoms with Gasteiger partial charge < -0.3 is 11.1 Å². The Hall–Kier alpha value is -3.18. The van der Waals surface area contributed by atoms with Gasteiger partial charge in [0.05, 0.1) is 15.1 Å². The number of nitrogens with one attached hydrogen (secondary N) is 1. The summed E-state index contributed by atoms with van der Waals surface area (Å²) in [6.45, 7) is 1.75. The van der Waals surface area contributed by atoms with Crippen LogP contribution in [0.3, 0.4) is 0 Å². The summed E-state index contributed by atoms with van der Waals surface area (Å²) < 4.78 is 64.2. The van der Waals surface area contributed by atoms with Crippen molar-refractivity contribution in [2.75, 3.05) is 17.3 Å². The minimum absolute atomic E-state index is 0.0170. The molecule has 0 saturated carbocycles. The van der Waals surface area contributed by atoms with E-state index in [9.17, 15) is 21.6 Å². The molecule has 0 bridgehead atoms. The highest BCUT2D eigenvalue weighted by atomic mass is 32.2. The van der Waals surface area contributed by atoms with Crippen LogP contribution >= 0.6 is 11.3 Å². The number of alkyl halides is 3. The van der Waals surface area contributed by atoms with Gasteiger partial charge in [0.15, 0.2) is 15.0 Å². The molecule has 0 fully saturated rings. The standard InChI is InChI=1S/C22H18F3N4O2S2/c1-12(13-3-6-15(7-4-13)33(2,30)31)27-20-16(8-10-19(29-20)22(23,24)25)14-5-9-18-17(11-14)28-21(26)32-18/h3-10,12H,1-2H3,(H2,26,28)(H,27,29). The molecule has 0 saturated heterocycles. The third-order valence-electron chi connectivity index (χ3n) is 4.96. The van der Waals surface area contributed by atoms with Crippen LogP contribution in [0.25, 0.3) is 21.3 Å². The average Bonchev–Trinajstić information content (AvgIpc) is 3.11. The number of anilines is 2. The Bertz CT molecular complexity index is 1430. The normalized spacial score (nSPS) is 13.2. The Kier molecular flexibility index (Phi) is 5.79. The largest absolute Gasteiger partial charge is 0.433 e. The maximum atomic E-state index is 13.4. The number of halogens is 3. The predicted molar refractivity (Wildman–Crippen MR) is 123 cm³/mol. The number of rotatable bonds is 5. The first-order valence-corrected chi connectivity index (χ1v) is 12.4. The average molecular weight is 492 g/mol. The number of fused-ring (bicyclic) bond motifs is 1. The van der Waals surface area contributed by atoms with Crippen molar-refractivity contribution in [2.24, 2.45) is 0 Å². The lowest BCUT2D eigenvalue weighted by atomic mass is 10.0. The molecule has 6 nitrogen and oxygen atoms in total. The molecule has 33 heavy (non-hydrogen) atoms. The Balaban J connectivity index is 1.74. The summed E-state index contributed by atoms with van der Waals surface area (Å²) in [5.41, 5.74) is 6.83. The lowest BCUT2D eigenvalue weighted by Gasteiger charge is -2.19. The van der Waals surface area contributed by atoms with Crippen molar-refractivity contribution in [3.05, 3.63) is 65.9 Å². The number of nitrogen functional groups attached to an aromatic ring is 1. The van der Waals surface area contributed by atoms with Crippen LogP contribution in [0.1, 0.15) is 24.2 Å². The van der Waals surface area contributed by atoms with E-state index in [-0.39, 0.29) is 10.7 Å². The number of benzene rings is 2. The van der Waals surface area contributed by atoms with Gasteiger partial charge in [0.1, 0.15) is 11.5 Å². The topological polar surface area (TPSA) is 98.0 Å². The fraction of sp³-hybridized carbons (Fsp3) is 0.182. The molecule has 0 aliphatic carbocycles. The van der Waals surface area contributed by atoms with E-state index in [1.807, 2.05) is 0 Å². The Morgan fingerprint density at radius 1 is 1.06 bits per heavy atom. The minimum Gasteiger partial charge on any atom is -0.375 e. The third kappa shape index (κ3) is 4.93. The molecule has 1 atom stereocenters. The van der Waals surface area contributed by atoms with Gasteiger partial charge in [-0.05, 0) is 48.4 Å². The molecule has 1 radical (unpaired) electrons. The molecule has 2 aromatic heterocycles. The zero-order chi connectivity index (χ0) is 24.0. The molecule has 2 aromatic carbocycles. The number of nitrogens with two attached hydrogens (primary N) is 1. The summed E-state index contributed by atoms with van der Waals surface area (Å²) in [5.74, 6) is 0.0170. The molecule has 0 aliphatic rings. The van der Waals surface area contributed by atoms with Crippen molar-refractivity contribution in [1.29, 1.82) is 0 Å². The molecule has 171 valence electrons. The number of pyridine rings is 1. The van der Waals surface area contributed by atoms with Crippen LogP contribution in [0.4, 0.5) is 24.1 Å². The van der Waals surface area contributed by atoms with E-state index in [0.29, 0.717) is 27.3 Å². The first-order chi connectivity index (χ1) is 15.4. The Morgan fingerprint density at radius 2 is 1.76 bits per heavy atom. The molecule has 0 aliphatic heterocycles. The highest BCUT2D eigenvalue weighted by molar-refractivity contribution is 7.90. The molecule has 0 spiro atoms. The molecule has 0 amide bonds. The highest BCUT2D eigenvalue weighted by Gasteiger charge is 2.33. The van der Waals surface area contributed by atoms with Crippen LogP contribution in [0, 0.1) is 6.07 Å². The maximum Gasteiger partial charge on any atom is 0.433 e. The molecule has 3 N–H and O–H groups in total. The van der Waals surface area contributed by atoms with Crippen LogP contribution < -0.4 is 11.1 Å². The van der Waals surface area contributed by atoms with E-state index in [2.05, 4.69) is 21.4 Å². The van der Waals surface area contributed by atoms with E-state index in [1.54, 1.807) is 31.2 Å². The Morgan fingerprint density at radius 3 is 2.39 bits per heavy atom. The molecule has 2 heterocycles. The van der Waals surface area contributed by atoms with Crippen LogP contribution in [-0.2, 0) is 16.0 Å². The Labute approximate surface area is 192 Å². The maximum absolute atomic E-state index is 13.4. The van der Waals surface area contributed by atoms with E-state index >= 15 is 0 Å². The summed E-state index contributed by atoms with van der Waals surface area (Å²) in [5, 5.41) is 3.40. The SMILES string of the molecule is CC(Nc1nc(C(F)(F)F)ccc1-c1[c]c2nc(N)sc2cc1)c1ccc(S(C)(=O)=O)cc1. The number of aromatic nitrogens is 2. The van der Waals surface area contributed by atoms with Crippen molar-refractivity contribution >= 4 is 42.3 Å². The van der Waals surface area contributed by atoms with Gasteiger partial charge in [-0.15, -0.1) is 0 Å². The molecule has 4 rings (SSSR count). The second-order valence-electron chi connectivity index (χ2n) is 7.43. The molecule has 4 aromatic rings. The number of nitrogens with zero attached hydrogens (tertiary/aromatic N) is 2. The van der Waals surface area contributed by atoms with Gasteiger partial charge >= 0.3 is 6.18 Å². The van der Waals surface area contributed by atoms with Crippen LogP contribution in [0.5, 0.6) is 0 Å². The summed E-state index contributed by atoms with van der Waals surface area (Å²) in [6, 6.07) is 14.5. The van der Waals surface area contributed by atoms with Gasteiger partial charge in [-0.3, -0.25) is 0 Å². The van der Waals surface area contributed by atoms with E-state index in [0.717, 1.165) is 17.0 Å². The fourth-order valence-electron chi connectivity index (χ4n) is 3.27. The fourth-order valence-corrected chi connectivity index (χ4v) is 4.60. The first-order valence-electron chi connectivity index (χ1n) is 9.65. The summed E-state index contributed by atoms with van der Waals surface area (Å²) in [6.07, 6.45) is -3.52. The number of thiazole rings is 1. The predicted octanol–water partition coefficient (Wildman–Crippen LogP) is 5.34. The highest BCUT2D eigenvalue weighted by Crippen LogP contribution is 2.36. The summed E-state index contributed by atoms with van der Waals surface area (Å²) >= 11 is 1.29. The van der Waals surface area contributed by atoms with E-state index in [1.165, 1.54) is 29.5 Å². The smallest absolute Gasteiger partial charge is 0.375 e. The van der Waals surface area contributed by atoms with Gasteiger partial charge in [-0.25, -0.2) is 18.4 Å². The monoisotopic (exact) mass is 491 g/mol. The second kappa shape index (κ2) is 8.31. The van der Waals surface area contributed by atoms with Gasteiger partial charge in [0.25, 0.3) is 0 Å². The van der Waals surface area contributed by atoms with Gasteiger partial charge in [0.2, 0.25) is 0 Å². The summed E-state index contributed by atoms with van der Waals surface area (Å²) in [4.78, 5) is 8.18. The first kappa shape index (κ1) is 23.0. The number of sulfone groups is 1. The van der Waals surface area contributed by atoms with E-state index < -0.39 is 27.7 Å². The van der Waals surface area contributed by atoms with Crippen molar-refractivity contribution in [3.8, 4) is 11.1 Å². The molecular weight excluding hydrogens is 473 g/mol. The zero-order valence-electron chi connectivity index (χ0n) is 17.4. The third-order valence-corrected chi connectivity index (χ3v) is 6.94. The molecular formula is C22H18F3N4O2S2. The van der Waals surface area contributed by atoms with Crippen molar-refractivity contribution in [2.45, 2.75) is 24.0 Å². The van der Waals surface area contributed by atoms with Crippen LogP contribution in [-0.4, -0.2) is 24.6 Å². The van der Waals surface area contributed by atoms with Crippen molar-refractivity contribution in [1.82, 2.24) is 9.97 Å². The zero-order valence-corrected chi connectivity index (χ0v) is 19.1. The number of hydrogen-bond acceptors (Lipinski definition) is 7. The lowest BCUT2D eigenvalue weighted by molar-refractivity contribution is -0.141. The van der Waals surface area contributed by atoms with Crippen LogP contribution in [0.2, 0.25) is 0 Å². The van der Waals surface area contributed by atoms with Gasteiger partial charge in [-0.1, -0.05) is 29.5 Å². The summed E-state index contributed by atoms with van der Waals surface area (Å²) in [7, 11) is -3.36. The number of hydrogen-bond donors (Lipinski definition) is 2.